The maximum Gasteiger partial charge on any atom is 0.236 e. The minimum atomic E-state index is -1.93. The number of hydrogen-bond acceptors (Lipinski definition) is 10. The van der Waals surface area contributed by atoms with E-state index in [1.165, 1.54) is 11.9 Å². The number of aliphatic hydroxyl groups excluding tert-OH is 4. The van der Waals surface area contributed by atoms with Crippen LogP contribution in [0.15, 0.2) is 48.8 Å². The zero-order valence-corrected chi connectivity index (χ0v) is 20.1. The van der Waals surface area contributed by atoms with Gasteiger partial charge in [-0.25, -0.2) is 0 Å². The molecule has 0 aliphatic heterocycles. The second-order valence-electron chi connectivity index (χ2n) is 8.49. The van der Waals surface area contributed by atoms with Crippen LogP contribution in [0.5, 0.6) is 0 Å². The molecule has 192 valence electrons. The predicted molar refractivity (Wildman–Crippen MR) is 128 cm³/mol. The summed E-state index contributed by atoms with van der Waals surface area (Å²) in [6, 6.07) is 11.5. The Hall–Kier alpha value is -2.80. The van der Waals surface area contributed by atoms with Crippen LogP contribution in [0.1, 0.15) is 11.4 Å². The van der Waals surface area contributed by atoms with Crippen molar-refractivity contribution >= 4 is 11.7 Å². The fourth-order valence-electron chi connectivity index (χ4n) is 3.38. The van der Waals surface area contributed by atoms with Crippen molar-refractivity contribution in [3.63, 3.8) is 0 Å². The van der Waals surface area contributed by atoms with Gasteiger partial charge in [0.25, 0.3) is 0 Å². The van der Waals surface area contributed by atoms with E-state index in [9.17, 15) is 24.9 Å². The number of nitrogens with zero attached hydrogens (tertiary/aromatic N) is 5. The molecule has 35 heavy (non-hydrogen) atoms. The van der Waals surface area contributed by atoms with Gasteiger partial charge in [0.15, 0.2) is 5.78 Å². The van der Waals surface area contributed by atoms with Crippen LogP contribution in [0.2, 0.25) is 0 Å². The lowest BCUT2D eigenvalue weighted by Gasteiger charge is -2.28. The van der Waals surface area contributed by atoms with Crippen LogP contribution in [0.4, 0.5) is 0 Å². The summed E-state index contributed by atoms with van der Waals surface area (Å²) in [5.41, 5.74) is 1.85. The van der Waals surface area contributed by atoms with Gasteiger partial charge in [-0.05, 0) is 31.3 Å². The highest BCUT2D eigenvalue weighted by molar-refractivity contribution is 5.84. The highest BCUT2D eigenvalue weighted by atomic mass is 16.4. The van der Waals surface area contributed by atoms with Gasteiger partial charge in [0.2, 0.25) is 5.91 Å². The first-order valence-electron chi connectivity index (χ1n) is 11.3. The number of Topliss-reactive ketones (excluding diaryl/α,β-unsaturated/α-hetero) is 1. The molecular formula is C24H35N5O6. The molecule has 0 bridgehead atoms. The highest BCUT2D eigenvalue weighted by Gasteiger charge is 2.31. The van der Waals surface area contributed by atoms with Gasteiger partial charge < -0.3 is 25.3 Å². The Morgan fingerprint density at radius 3 is 1.97 bits per heavy atom. The molecule has 4 N–H and O–H groups in total. The van der Waals surface area contributed by atoms with E-state index in [0.29, 0.717) is 26.2 Å². The smallest absolute Gasteiger partial charge is 0.236 e. The molecule has 0 aliphatic carbocycles. The largest absolute Gasteiger partial charge is 0.388 e. The van der Waals surface area contributed by atoms with Crippen molar-refractivity contribution in [1.82, 2.24) is 24.7 Å². The molecule has 11 heteroatoms. The van der Waals surface area contributed by atoms with Crippen LogP contribution >= 0.6 is 0 Å². The second kappa shape index (κ2) is 14.6. The van der Waals surface area contributed by atoms with Crippen molar-refractivity contribution in [2.45, 2.75) is 31.4 Å². The normalized spacial score (nSPS) is 14.1. The van der Waals surface area contributed by atoms with Crippen molar-refractivity contribution < 1.29 is 30.0 Å². The van der Waals surface area contributed by atoms with Gasteiger partial charge in [0.05, 0.1) is 17.9 Å². The molecule has 0 saturated carbocycles. The predicted octanol–water partition coefficient (Wildman–Crippen LogP) is -1.49. The highest BCUT2D eigenvalue weighted by Crippen LogP contribution is 2.08. The topological polar surface area (TPSA) is 151 Å². The van der Waals surface area contributed by atoms with E-state index in [4.69, 9.17) is 5.11 Å². The zero-order valence-electron chi connectivity index (χ0n) is 20.1. The first-order chi connectivity index (χ1) is 16.7. The number of hydrogen-bond donors (Lipinski definition) is 4. The number of carbonyl (C=O) groups is 2. The van der Waals surface area contributed by atoms with Gasteiger partial charge in [-0.3, -0.25) is 29.4 Å². The Morgan fingerprint density at radius 2 is 1.49 bits per heavy atom. The third-order valence-electron chi connectivity index (χ3n) is 5.52. The minimum Gasteiger partial charge on any atom is -0.388 e. The number of carbonyl (C=O) groups excluding carboxylic acids is 2. The molecule has 2 heterocycles. The summed E-state index contributed by atoms with van der Waals surface area (Å²) >= 11 is 0. The molecule has 0 spiro atoms. The van der Waals surface area contributed by atoms with E-state index in [1.807, 2.05) is 41.3 Å². The van der Waals surface area contributed by atoms with Crippen molar-refractivity contribution in [2.75, 3.05) is 46.9 Å². The molecule has 2 rings (SSSR count). The van der Waals surface area contributed by atoms with E-state index < -0.39 is 30.7 Å². The van der Waals surface area contributed by atoms with E-state index in [2.05, 4.69) is 14.9 Å². The van der Waals surface area contributed by atoms with Gasteiger partial charge in [-0.2, -0.15) is 0 Å². The number of aromatic nitrogens is 2. The zero-order chi connectivity index (χ0) is 25.8. The molecule has 0 aromatic carbocycles. The van der Waals surface area contributed by atoms with Crippen LogP contribution in [0.3, 0.4) is 0 Å². The molecule has 2 aromatic heterocycles. The number of likely N-dealkylation sites (N-methyl/N-ethyl adjacent to an activating group) is 2. The van der Waals surface area contributed by atoms with Crippen LogP contribution in [0, 0.1) is 0 Å². The van der Waals surface area contributed by atoms with Crippen LogP contribution in [-0.2, 0) is 22.7 Å². The molecule has 3 atom stereocenters. The van der Waals surface area contributed by atoms with Crippen molar-refractivity contribution in [3.05, 3.63) is 60.2 Å². The number of ketones is 1. The molecule has 2 aromatic rings. The average molecular weight is 490 g/mol. The molecule has 0 unspecified atom stereocenters. The second-order valence-corrected chi connectivity index (χ2v) is 8.49. The average Bonchev–Trinajstić information content (AvgIpc) is 2.86. The molecule has 0 aliphatic rings. The molecule has 11 nitrogen and oxygen atoms in total. The van der Waals surface area contributed by atoms with Crippen molar-refractivity contribution in [3.8, 4) is 0 Å². The minimum absolute atomic E-state index is 0.0679. The van der Waals surface area contributed by atoms with Crippen molar-refractivity contribution in [2.24, 2.45) is 0 Å². The number of aliphatic hydroxyl groups is 4. The lowest BCUT2D eigenvalue weighted by atomic mass is 10.0. The van der Waals surface area contributed by atoms with E-state index in [-0.39, 0.29) is 19.0 Å². The van der Waals surface area contributed by atoms with Crippen LogP contribution in [0.25, 0.3) is 0 Å². The monoisotopic (exact) mass is 489 g/mol. The maximum atomic E-state index is 12.6. The Balaban J connectivity index is 1.87. The summed E-state index contributed by atoms with van der Waals surface area (Å²) in [4.78, 5) is 37.9. The van der Waals surface area contributed by atoms with E-state index >= 15 is 0 Å². The Bertz CT molecular complexity index is 862. The summed E-state index contributed by atoms with van der Waals surface area (Å²) < 4.78 is 0. The fraction of sp³-hybridized carbons (Fsp3) is 0.500. The molecule has 0 fully saturated rings. The maximum absolute atomic E-state index is 12.6. The summed E-state index contributed by atoms with van der Waals surface area (Å²) in [5.74, 6) is -1.31. The molecule has 0 radical (unpaired) electrons. The van der Waals surface area contributed by atoms with Gasteiger partial charge in [0, 0.05) is 52.2 Å². The van der Waals surface area contributed by atoms with E-state index in [1.54, 1.807) is 19.4 Å². The molecule has 1 amide bonds. The Kier molecular flexibility index (Phi) is 11.8. The van der Waals surface area contributed by atoms with Crippen LogP contribution < -0.4 is 0 Å². The quantitative estimate of drug-likeness (QED) is 0.233. The summed E-state index contributed by atoms with van der Waals surface area (Å²) in [7, 11) is 3.27. The lowest BCUT2D eigenvalue weighted by Crippen LogP contribution is -2.49. The fourth-order valence-corrected chi connectivity index (χ4v) is 3.38. The Labute approximate surface area is 205 Å². The van der Waals surface area contributed by atoms with Gasteiger partial charge in [-0.15, -0.1) is 0 Å². The summed E-state index contributed by atoms with van der Waals surface area (Å²) in [6.07, 6.45) is -1.79. The van der Waals surface area contributed by atoms with Crippen molar-refractivity contribution in [1.29, 1.82) is 0 Å². The number of amides is 1. The number of rotatable bonds is 15. The lowest BCUT2D eigenvalue weighted by molar-refractivity contribution is -0.143. The molecular weight excluding hydrogens is 454 g/mol. The first-order valence-corrected chi connectivity index (χ1v) is 11.3. The summed E-state index contributed by atoms with van der Waals surface area (Å²) in [5, 5.41) is 38.4. The standard InChI is InChI=1S/C24H35N5O6/c1-27(16-22(33)28(2)15-20(31)23(34)24(35)21(32)17-30)11-12-29(13-18-7-3-5-9-25-18)14-19-8-4-6-10-26-19/h3-10,20,23-24,30-31,34-35H,11-17H2,1-2H3/t20-,23+,24+/m1/s1. The summed E-state index contributed by atoms with van der Waals surface area (Å²) in [6.45, 7) is 1.30. The van der Waals surface area contributed by atoms with Gasteiger partial charge in [0.1, 0.15) is 24.9 Å². The third-order valence-corrected chi connectivity index (χ3v) is 5.52. The van der Waals surface area contributed by atoms with E-state index in [0.717, 1.165) is 11.4 Å². The first kappa shape index (κ1) is 28.4. The van der Waals surface area contributed by atoms with Gasteiger partial charge in [-0.1, -0.05) is 12.1 Å². The van der Waals surface area contributed by atoms with Gasteiger partial charge >= 0.3 is 0 Å². The van der Waals surface area contributed by atoms with Crippen LogP contribution in [-0.4, -0.2) is 122 Å². The molecule has 0 saturated heterocycles. The Morgan fingerprint density at radius 1 is 0.914 bits per heavy atom. The third kappa shape index (κ3) is 9.76. The SMILES string of the molecule is CN(CCN(Cc1ccccn1)Cc1ccccn1)CC(=O)N(C)C[C@@H](O)[C@H](O)[C@@H](O)C(=O)CO. The number of pyridine rings is 2.